The predicted octanol–water partition coefficient (Wildman–Crippen LogP) is 2.22. The standard InChI is InChI=1S/C14H14N4O/c1-14(2)10-5-3-4-6-11(10)17-12(14)9-7-16-18(8-9)13(15)19/h3-8H,1-2H3,(H2,15,19). The molecule has 0 atom stereocenters. The maximum atomic E-state index is 11.1. The summed E-state index contributed by atoms with van der Waals surface area (Å²) in [6.45, 7) is 4.22. The number of amides is 1. The molecule has 0 saturated heterocycles. The lowest BCUT2D eigenvalue weighted by molar-refractivity contribution is 0.247. The van der Waals surface area contributed by atoms with Crippen LogP contribution in [0.4, 0.5) is 10.5 Å². The number of hydrogen-bond acceptors (Lipinski definition) is 3. The number of fused-ring (bicyclic) bond motifs is 1. The van der Waals surface area contributed by atoms with Crippen LogP contribution in [0, 0.1) is 0 Å². The zero-order valence-corrected chi connectivity index (χ0v) is 10.8. The fourth-order valence-corrected chi connectivity index (χ4v) is 2.48. The first-order chi connectivity index (χ1) is 9.00. The van der Waals surface area contributed by atoms with E-state index in [4.69, 9.17) is 5.73 Å². The molecule has 1 amide bonds. The number of rotatable bonds is 1. The number of nitrogens with zero attached hydrogens (tertiary/aromatic N) is 3. The monoisotopic (exact) mass is 254 g/mol. The van der Waals surface area contributed by atoms with Gasteiger partial charge in [0.15, 0.2) is 0 Å². The van der Waals surface area contributed by atoms with Gasteiger partial charge in [-0.1, -0.05) is 32.0 Å². The van der Waals surface area contributed by atoms with Crippen molar-refractivity contribution in [2.24, 2.45) is 10.7 Å². The summed E-state index contributed by atoms with van der Waals surface area (Å²) < 4.78 is 1.12. The maximum Gasteiger partial charge on any atom is 0.339 e. The topological polar surface area (TPSA) is 73.3 Å². The van der Waals surface area contributed by atoms with Gasteiger partial charge in [-0.2, -0.15) is 9.78 Å². The van der Waals surface area contributed by atoms with Crippen molar-refractivity contribution in [2.75, 3.05) is 0 Å². The normalized spacial score (nSPS) is 16.0. The Morgan fingerprint density at radius 2 is 2.05 bits per heavy atom. The molecule has 0 spiro atoms. The van der Waals surface area contributed by atoms with Gasteiger partial charge in [-0.15, -0.1) is 0 Å². The van der Waals surface area contributed by atoms with E-state index in [9.17, 15) is 4.79 Å². The lowest BCUT2D eigenvalue weighted by Gasteiger charge is -2.21. The highest BCUT2D eigenvalue weighted by Gasteiger charge is 2.36. The molecule has 2 heterocycles. The van der Waals surface area contributed by atoms with Crippen molar-refractivity contribution in [2.45, 2.75) is 19.3 Å². The molecule has 5 heteroatoms. The zero-order chi connectivity index (χ0) is 13.6. The van der Waals surface area contributed by atoms with Crippen LogP contribution < -0.4 is 5.73 Å². The summed E-state index contributed by atoms with van der Waals surface area (Å²) >= 11 is 0. The van der Waals surface area contributed by atoms with Gasteiger partial charge in [-0.05, 0) is 11.6 Å². The Bertz CT molecular complexity index is 697. The Morgan fingerprint density at radius 1 is 1.32 bits per heavy atom. The van der Waals surface area contributed by atoms with Crippen LogP contribution in [-0.2, 0) is 5.41 Å². The molecule has 0 unspecified atom stereocenters. The minimum Gasteiger partial charge on any atom is -0.350 e. The van der Waals surface area contributed by atoms with E-state index in [1.165, 1.54) is 5.56 Å². The van der Waals surface area contributed by atoms with Crippen molar-refractivity contribution in [1.29, 1.82) is 0 Å². The average molecular weight is 254 g/mol. The number of carbonyl (C=O) groups excluding carboxylic acids is 1. The molecule has 96 valence electrons. The Labute approximate surface area is 110 Å². The van der Waals surface area contributed by atoms with Gasteiger partial charge in [0.05, 0.1) is 17.6 Å². The van der Waals surface area contributed by atoms with Gasteiger partial charge >= 0.3 is 6.03 Å². The van der Waals surface area contributed by atoms with Crippen LogP contribution in [0.15, 0.2) is 41.7 Å². The molecule has 2 N–H and O–H groups in total. The molecule has 1 aliphatic rings. The van der Waals surface area contributed by atoms with E-state index in [0.717, 1.165) is 21.6 Å². The molecule has 2 aromatic rings. The molecular weight excluding hydrogens is 240 g/mol. The fourth-order valence-electron chi connectivity index (χ4n) is 2.48. The van der Waals surface area contributed by atoms with Gasteiger partial charge in [-0.3, -0.25) is 4.99 Å². The molecule has 5 nitrogen and oxygen atoms in total. The third kappa shape index (κ3) is 1.66. The second kappa shape index (κ2) is 3.78. The highest BCUT2D eigenvalue weighted by Crippen LogP contribution is 2.41. The Morgan fingerprint density at radius 3 is 2.68 bits per heavy atom. The minimum absolute atomic E-state index is 0.206. The third-order valence-corrected chi connectivity index (χ3v) is 3.48. The van der Waals surface area contributed by atoms with Crippen molar-refractivity contribution >= 4 is 17.4 Å². The number of aliphatic imine (C=N–C) groups is 1. The van der Waals surface area contributed by atoms with Gasteiger partial charge in [0.1, 0.15) is 0 Å². The number of aromatic nitrogens is 2. The highest BCUT2D eigenvalue weighted by atomic mass is 16.2. The third-order valence-electron chi connectivity index (χ3n) is 3.48. The van der Waals surface area contributed by atoms with Crippen LogP contribution in [0.25, 0.3) is 0 Å². The summed E-state index contributed by atoms with van der Waals surface area (Å²) in [5, 5.41) is 3.95. The molecule has 0 bridgehead atoms. The van der Waals surface area contributed by atoms with E-state index in [1.54, 1.807) is 12.4 Å². The Balaban J connectivity index is 2.10. The van der Waals surface area contributed by atoms with Gasteiger partial charge in [0.2, 0.25) is 0 Å². The van der Waals surface area contributed by atoms with Crippen LogP contribution in [0.3, 0.4) is 0 Å². The van der Waals surface area contributed by atoms with E-state index in [2.05, 4.69) is 30.0 Å². The molecule has 1 aromatic heterocycles. The Kier molecular flexibility index (Phi) is 2.32. The molecule has 1 aliphatic heterocycles. The second-order valence-electron chi connectivity index (χ2n) is 5.11. The minimum atomic E-state index is -0.597. The van der Waals surface area contributed by atoms with Crippen molar-refractivity contribution in [3.05, 3.63) is 47.8 Å². The van der Waals surface area contributed by atoms with Gasteiger partial charge in [0, 0.05) is 17.2 Å². The molecule has 3 rings (SSSR count). The molecule has 0 radical (unpaired) electrons. The lowest BCUT2D eigenvalue weighted by atomic mass is 9.80. The fraction of sp³-hybridized carbons (Fsp3) is 0.214. The van der Waals surface area contributed by atoms with E-state index < -0.39 is 6.03 Å². The zero-order valence-electron chi connectivity index (χ0n) is 10.8. The Hall–Kier alpha value is -2.43. The number of carbonyl (C=O) groups is 1. The van der Waals surface area contributed by atoms with Crippen LogP contribution in [0.2, 0.25) is 0 Å². The first kappa shape index (κ1) is 11.6. The molecular formula is C14H14N4O. The lowest BCUT2D eigenvalue weighted by Crippen LogP contribution is -2.26. The van der Waals surface area contributed by atoms with Crippen LogP contribution >= 0.6 is 0 Å². The van der Waals surface area contributed by atoms with Crippen LogP contribution in [0.1, 0.15) is 25.0 Å². The summed E-state index contributed by atoms with van der Waals surface area (Å²) in [6.07, 6.45) is 3.24. The largest absolute Gasteiger partial charge is 0.350 e. The molecule has 0 fully saturated rings. The van der Waals surface area contributed by atoms with E-state index in [-0.39, 0.29) is 5.41 Å². The van der Waals surface area contributed by atoms with Crippen molar-refractivity contribution in [3.63, 3.8) is 0 Å². The van der Waals surface area contributed by atoms with Crippen molar-refractivity contribution < 1.29 is 4.79 Å². The summed E-state index contributed by atoms with van der Waals surface area (Å²) in [5.41, 5.74) is 8.86. The summed E-state index contributed by atoms with van der Waals surface area (Å²) in [6, 6.07) is 7.44. The number of primary amides is 1. The van der Waals surface area contributed by atoms with E-state index in [1.807, 2.05) is 18.2 Å². The van der Waals surface area contributed by atoms with E-state index in [0.29, 0.717) is 0 Å². The summed E-state index contributed by atoms with van der Waals surface area (Å²) in [7, 11) is 0. The number of benzene rings is 1. The van der Waals surface area contributed by atoms with Crippen molar-refractivity contribution in [3.8, 4) is 0 Å². The first-order valence-corrected chi connectivity index (χ1v) is 6.03. The van der Waals surface area contributed by atoms with Crippen molar-refractivity contribution in [1.82, 2.24) is 9.78 Å². The molecule has 19 heavy (non-hydrogen) atoms. The quantitative estimate of drug-likeness (QED) is 0.847. The smallest absolute Gasteiger partial charge is 0.339 e. The highest BCUT2D eigenvalue weighted by molar-refractivity contribution is 6.12. The van der Waals surface area contributed by atoms with Gasteiger partial charge in [0.25, 0.3) is 0 Å². The molecule has 1 aromatic carbocycles. The maximum absolute atomic E-state index is 11.1. The predicted molar refractivity (Wildman–Crippen MR) is 72.9 cm³/mol. The van der Waals surface area contributed by atoms with Gasteiger partial charge in [-0.25, -0.2) is 4.79 Å². The summed E-state index contributed by atoms with van der Waals surface area (Å²) in [4.78, 5) is 15.8. The van der Waals surface area contributed by atoms with Gasteiger partial charge < -0.3 is 5.73 Å². The number of para-hydroxylation sites is 1. The molecule has 0 aliphatic carbocycles. The number of hydrogen-bond donors (Lipinski definition) is 1. The first-order valence-electron chi connectivity index (χ1n) is 6.03. The van der Waals surface area contributed by atoms with E-state index >= 15 is 0 Å². The summed E-state index contributed by atoms with van der Waals surface area (Å²) in [5.74, 6) is 0. The van der Waals surface area contributed by atoms with Crippen LogP contribution in [-0.4, -0.2) is 21.5 Å². The average Bonchev–Trinajstić information content (AvgIpc) is 2.93. The number of nitrogens with two attached hydrogens (primary N) is 1. The second-order valence-corrected chi connectivity index (χ2v) is 5.11. The SMILES string of the molecule is CC1(C)C(c2cnn(C(N)=O)c2)=Nc2ccccc21. The van der Waals surface area contributed by atoms with Crippen LogP contribution in [0.5, 0.6) is 0 Å². The molecule has 0 saturated carbocycles.